The number of nitrogens with one attached hydrogen (secondary N) is 1. The minimum Gasteiger partial charge on any atom is -0.439 e. The summed E-state index contributed by atoms with van der Waals surface area (Å²) in [5, 5.41) is 3.62. The van der Waals surface area contributed by atoms with Crippen molar-refractivity contribution in [1.29, 1.82) is 0 Å². The van der Waals surface area contributed by atoms with Gasteiger partial charge in [-0.3, -0.25) is 0 Å². The van der Waals surface area contributed by atoms with E-state index in [1.807, 2.05) is 48.1 Å². The molecule has 1 fully saturated rings. The van der Waals surface area contributed by atoms with Crippen LogP contribution in [0.25, 0.3) is 5.69 Å². The Morgan fingerprint density at radius 1 is 1.09 bits per heavy atom. The molecule has 33 heavy (non-hydrogen) atoms. The fourth-order valence-corrected chi connectivity index (χ4v) is 3.93. The molecular formula is C25H27ClN6O. The van der Waals surface area contributed by atoms with E-state index in [9.17, 15) is 0 Å². The first kappa shape index (κ1) is 22.8. The number of benzene rings is 2. The molecule has 5 rings (SSSR count). The van der Waals surface area contributed by atoms with Gasteiger partial charge in [0.1, 0.15) is 5.75 Å². The summed E-state index contributed by atoms with van der Waals surface area (Å²) in [6, 6.07) is 18.8. The van der Waals surface area contributed by atoms with E-state index < -0.39 is 0 Å². The summed E-state index contributed by atoms with van der Waals surface area (Å²) in [5.41, 5.74) is 3.27. The average molecular weight is 463 g/mol. The largest absolute Gasteiger partial charge is 0.439 e. The van der Waals surface area contributed by atoms with Crippen molar-refractivity contribution in [1.82, 2.24) is 24.8 Å². The third kappa shape index (κ3) is 5.50. The molecule has 2 aromatic carbocycles. The lowest BCUT2D eigenvalue weighted by Gasteiger charge is -2.34. The maximum Gasteiger partial charge on any atom is 0.228 e. The van der Waals surface area contributed by atoms with E-state index in [4.69, 9.17) is 9.72 Å². The third-order valence-corrected chi connectivity index (χ3v) is 5.63. The normalized spacial score (nSPS) is 15.7. The Bertz CT molecular complexity index is 1150. The molecule has 3 heterocycles. The van der Waals surface area contributed by atoms with Gasteiger partial charge in [-0.15, -0.1) is 12.4 Å². The molecule has 4 aromatic rings. The molecular weight excluding hydrogens is 436 g/mol. The first-order valence-corrected chi connectivity index (χ1v) is 10.9. The molecule has 1 atom stereocenters. The van der Waals surface area contributed by atoms with Crippen LogP contribution >= 0.6 is 12.4 Å². The van der Waals surface area contributed by atoms with Gasteiger partial charge in [-0.2, -0.15) is 4.98 Å². The zero-order valence-corrected chi connectivity index (χ0v) is 19.3. The smallest absolute Gasteiger partial charge is 0.228 e. The van der Waals surface area contributed by atoms with E-state index in [0.29, 0.717) is 17.9 Å². The molecule has 7 nitrogen and oxygen atoms in total. The monoisotopic (exact) mass is 462 g/mol. The molecule has 0 aliphatic carbocycles. The van der Waals surface area contributed by atoms with Gasteiger partial charge in [0.25, 0.3) is 0 Å². The van der Waals surface area contributed by atoms with Crippen molar-refractivity contribution in [2.45, 2.75) is 19.4 Å². The Morgan fingerprint density at radius 3 is 2.67 bits per heavy atom. The first-order chi connectivity index (χ1) is 15.7. The number of piperazine rings is 1. The SMILES string of the molecule is Cc1cnc(N2CCN[C@@H](Cc3ccccc3)C2)nc1Oc1ccc(-n2ccnc2)cc1.Cl. The number of ether oxygens (including phenoxy) is 1. The molecule has 1 saturated heterocycles. The molecule has 0 spiro atoms. The number of halogens is 1. The fraction of sp³-hybridized carbons (Fsp3) is 0.240. The predicted octanol–water partition coefficient (Wildman–Crippen LogP) is 4.21. The number of imidazole rings is 1. The number of hydrogen-bond acceptors (Lipinski definition) is 6. The topological polar surface area (TPSA) is 68.1 Å². The molecule has 1 aliphatic rings. The van der Waals surface area contributed by atoms with Gasteiger partial charge < -0.3 is 19.5 Å². The molecule has 8 heteroatoms. The minimum absolute atomic E-state index is 0. The summed E-state index contributed by atoms with van der Waals surface area (Å²) in [7, 11) is 0. The van der Waals surface area contributed by atoms with Crippen molar-refractivity contribution >= 4 is 18.4 Å². The summed E-state index contributed by atoms with van der Waals surface area (Å²) < 4.78 is 8.07. The quantitative estimate of drug-likeness (QED) is 0.463. The maximum absolute atomic E-state index is 6.12. The van der Waals surface area contributed by atoms with Crippen molar-refractivity contribution in [3.05, 3.63) is 90.6 Å². The van der Waals surface area contributed by atoms with Crippen molar-refractivity contribution in [3.8, 4) is 17.3 Å². The summed E-state index contributed by atoms with van der Waals surface area (Å²) in [5.74, 6) is 2.03. The van der Waals surface area contributed by atoms with E-state index in [-0.39, 0.29) is 12.4 Å². The molecule has 0 saturated carbocycles. The molecule has 170 valence electrons. The zero-order chi connectivity index (χ0) is 21.8. The van der Waals surface area contributed by atoms with Crippen LogP contribution in [0.15, 0.2) is 79.5 Å². The van der Waals surface area contributed by atoms with Crippen LogP contribution in [0, 0.1) is 6.92 Å². The van der Waals surface area contributed by atoms with Gasteiger partial charge >= 0.3 is 0 Å². The first-order valence-electron chi connectivity index (χ1n) is 10.9. The molecule has 0 radical (unpaired) electrons. The van der Waals surface area contributed by atoms with Crippen LogP contribution in [0.5, 0.6) is 11.6 Å². The Hall–Kier alpha value is -3.42. The van der Waals surface area contributed by atoms with Crippen molar-refractivity contribution in [3.63, 3.8) is 0 Å². The number of nitrogens with zero attached hydrogens (tertiary/aromatic N) is 5. The van der Waals surface area contributed by atoms with Gasteiger partial charge in [-0.25, -0.2) is 9.97 Å². The van der Waals surface area contributed by atoms with Gasteiger partial charge in [0, 0.05) is 55.5 Å². The van der Waals surface area contributed by atoms with Crippen LogP contribution < -0.4 is 15.0 Å². The second kappa shape index (κ2) is 10.5. The lowest BCUT2D eigenvalue weighted by molar-refractivity contribution is 0.439. The van der Waals surface area contributed by atoms with Crippen LogP contribution in [-0.2, 0) is 6.42 Å². The number of aryl methyl sites for hydroxylation is 1. The zero-order valence-electron chi connectivity index (χ0n) is 18.5. The molecule has 0 bridgehead atoms. The lowest BCUT2D eigenvalue weighted by Crippen LogP contribution is -2.52. The molecule has 1 aliphatic heterocycles. The highest BCUT2D eigenvalue weighted by Crippen LogP contribution is 2.26. The highest BCUT2D eigenvalue weighted by Gasteiger charge is 2.22. The number of rotatable bonds is 6. The van der Waals surface area contributed by atoms with Gasteiger partial charge in [0.15, 0.2) is 0 Å². The summed E-state index contributed by atoms with van der Waals surface area (Å²) >= 11 is 0. The van der Waals surface area contributed by atoms with Crippen molar-refractivity contribution in [2.24, 2.45) is 0 Å². The molecule has 1 N–H and O–H groups in total. The van der Waals surface area contributed by atoms with E-state index in [1.54, 1.807) is 12.5 Å². The van der Waals surface area contributed by atoms with Gasteiger partial charge in [-0.05, 0) is 43.2 Å². The number of hydrogen-bond donors (Lipinski definition) is 1. The maximum atomic E-state index is 6.12. The van der Waals surface area contributed by atoms with Crippen LogP contribution in [0.3, 0.4) is 0 Å². The van der Waals surface area contributed by atoms with Crippen LogP contribution in [0.1, 0.15) is 11.1 Å². The molecule has 2 aromatic heterocycles. The van der Waals surface area contributed by atoms with Gasteiger partial charge in [-0.1, -0.05) is 30.3 Å². The van der Waals surface area contributed by atoms with E-state index in [0.717, 1.165) is 43.1 Å². The third-order valence-electron chi connectivity index (χ3n) is 5.63. The highest BCUT2D eigenvalue weighted by molar-refractivity contribution is 5.85. The van der Waals surface area contributed by atoms with E-state index in [1.165, 1.54) is 5.56 Å². The Morgan fingerprint density at radius 2 is 1.91 bits per heavy atom. The Balaban J connectivity index is 0.00000259. The summed E-state index contributed by atoms with van der Waals surface area (Å²) in [4.78, 5) is 15.7. The second-order valence-corrected chi connectivity index (χ2v) is 8.01. The minimum atomic E-state index is 0. The summed E-state index contributed by atoms with van der Waals surface area (Å²) in [6.45, 7) is 4.60. The van der Waals surface area contributed by atoms with Crippen molar-refractivity contribution in [2.75, 3.05) is 24.5 Å². The molecule has 0 unspecified atom stereocenters. The van der Waals surface area contributed by atoms with Crippen LogP contribution in [0.2, 0.25) is 0 Å². The van der Waals surface area contributed by atoms with Gasteiger partial charge in [0.05, 0.1) is 6.33 Å². The van der Waals surface area contributed by atoms with Crippen LogP contribution in [0.4, 0.5) is 5.95 Å². The Labute approximate surface area is 199 Å². The number of anilines is 1. The highest BCUT2D eigenvalue weighted by atomic mass is 35.5. The summed E-state index contributed by atoms with van der Waals surface area (Å²) in [6.07, 6.45) is 8.27. The van der Waals surface area contributed by atoms with Gasteiger partial charge in [0.2, 0.25) is 11.8 Å². The standard InChI is InChI=1S/C25H26N6O.ClH/c1-19-16-28-25(30-14-12-27-21(17-30)15-20-5-3-2-4-6-20)29-24(19)32-23-9-7-22(8-10-23)31-13-11-26-18-31;/h2-11,13,16,18,21,27H,12,14-15,17H2,1H3;1H/t21-;/m0./s1. The van der Waals surface area contributed by atoms with Crippen molar-refractivity contribution < 1.29 is 4.74 Å². The van der Waals surface area contributed by atoms with E-state index in [2.05, 4.69) is 50.5 Å². The Kier molecular flexibility index (Phi) is 7.22. The molecule has 0 amide bonds. The average Bonchev–Trinajstić information content (AvgIpc) is 3.37. The fourth-order valence-electron chi connectivity index (χ4n) is 3.93. The number of aromatic nitrogens is 4. The predicted molar refractivity (Wildman–Crippen MR) is 132 cm³/mol. The van der Waals surface area contributed by atoms with Crippen LogP contribution in [-0.4, -0.2) is 45.2 Å². The lowest BCUT2D eigenvalue weighted by atomic mass is 10.0. The van der Waals surface area contributed by atoms with E-state index >= 15 is 0 Å². The second-order valence-electron chi connectivity index (χ2n) is 8.01.